The summed E-state index contributed by atoms with van der Waals surface area (Å²) in [5, 5.41) is 7.83. The van der Waals surface area contributed by atoms with Gasteiger partial charge >= 0.3 is 0 Å². The number of rotatable bonds is 5. The number of carbonyl (C=O) groups is 2. The van der Waals surface area contributed by atoms with Gasteiger partial charge in [0.05, 0.1) is 4.91 Å². The molecule has 0 spiro atoms. The molecule has 2 amide bonds. The van der Waals surface area contributed by atoms with Gasteiger partial charge in [-0.1, -0.05) is 47.5 Å². The molecule has 4 nitrogen and oxygen atoms in total. The normalized spacial score (nSPS) is 24.4. The number of nitrogens with one attached hydrogen (secondary N) is 2. The van der Waals surface area contributed by atoms with Crippen LogP contribution in [0.5, 0.6) is 0 Å². The molecule has 2 aliphatic rings. The van der Waals surface area contributed by atoms with Gasteiger partial charge in [-0.25, -0.2) is 0 Å². The molecule has 1 heterocycles. The minimum absolute atomic E-state index is 0.0229. The van der Waals surface area contributed by atoms with Crippen LogP contribution in [0.15, 0.2) is 53.4 Å². The van der Waals surface area contributed by atoms with Crippen LogP contribution in [-0.4, -0.2) is 29.7 Å². The predicted molar refractivity (Wildman–Crippen MR) is 128 cm³/mol. The summed E-state index contributed by atoms with van der Waals surface area (Å²) in [5.74, 6) is -0.0622. The summed E-state index contributed by atoms with van der Waals surface area (Å²) in [4.78, 5) is 26.0. The minimum atomic E-state index is -0.0741. The molecule has 3 atom stereocenters. The predicted octanol–water partition coefficient (Wildman–Crippen LogP) is 5.09. The molecule has 3 unspecified atom stereocenters. The van der Waals surface area contributed by atoms with E-state index in [4.69, 9.17) is 23.2 Å². The highest BCUT2D eigenvalue weighted by atomic mass is 35.5. The number of hydrogen-bond acceptors (Lipinski definition) is 3. The van der Waals surface area contributed by atoms with E-state index in [-0.39, 0.29) is 23.8 Å². The van der Waals surface area contributed by atoms with Crippen molar-refractivity contribution in [2.75, 3.05) is 6.54 Å². The Morgan fingerprint density at radius 2 is 1.94 bits per heavy atom. The fourth-order valence-electron chi connectivity index (χ4n) is 4.10. The summed E-state index contributed by atoms with van der Waals surface area (Å²) in [6.07, 6.45) is 5.07. The van der Waals surface area contributed by atoms with E-state index in [0.29, 0.717) is 33.2 Å². The highest BCUT2D eigenvalue weighted by molar-refractivity contribution is 8.04. The first-order valence-electron chi connectivity index (χ1n) is 10.4. The number of benzene rings is 2. The van der Waals surface area contributed by atoms with E-state index in [1.54, 1.807) is 11.8 Å². The maximum Gasteiger partial charge on any atom is 0.257 e. The molecule has 2 N–H and O–H groups in total. The fraction of sp³-hybridized carbons (Fsp3) is 0.333. The molecule has 2 aromatic carbocycles. The van der Waals surface area contributed by atoms with Gasteiger partial charge in [-0.15, -0.1) is 11.8 Å². The Hall–Kier alpha value is -1.95. The van der Waals surface area contributed by atoms with Crippen LogP contribution >= 0.6 is 35.0 Å². The molecule has 1 aliphatic carbocycles. The fourth-order valence-corrected chi connectivity index (χ4v) is 5.72. The Balaban J connectivity index is 1.30. The van der Waals surface area contributed by atoms with Crippen molar-refractivity contribution in [2.24, 2.45) is 5.92 Å². The van der Waals surface area contributed by atoms with Crippen molar-refractivity contribution in [1.29, 1.82) is 0 Å². The van der Waals surface area contributed by atoms with Crippen LogP contribution in [0.3, 0.4) is 0 Å². The highest BCUT2D eigenvalue weighted by Crippen LogP contribution is 2.40. The molecule has 2 aromatic rings. The van der Waals surface area contributed by atoms with Gasteiger partial charge in [-0.3, -0.25) is 9.59 Å². The first kappa shape index (κ1) is 22.3. The van der Waals surface area contributed by atoms with Crippen LogP contribution in [-0.2, 0) is 16.0 Å². The van der Waals surface area contributed by atoms with Gasteiger partial charge in [0, 0.05) is 33.8 Å². The van der Waals surface area contributed by atoms with Gasteiger partial charge in [-0.05, 0) is 67.2 Å². The molecule has 2 fully saturated rings. The lowest BCUT2D eigenvalue weighted by Gasteiger charge is -2.39. The molecule has 31 heavy (non-hydrogen) atoms. The largest absolute Gasteiger partial charge is 0.356 e. The third-order valence-electron chi connectivity index (χ3n) is 5.75. The molecule has 162 valence electrons. The van der Waals surface area contributed by atoms with Crippen molar-refractivity contribution < 1.29 is 9.59 Å². The van der Waals surface area contributed by atoms with Crippen molar-refractivity contribution in [1.82, 2.24) is 10.6 Å². The standard InChI is InChI=1S/C24H24Cl2N2O2S/c25-18-7-4-15(5-8-18)10-11-27-23(29)17-6-9-21-20(14-17)28-24(30)22(31-21)13-16-2-1-3-19(26)12-16/h1-5,7-8,12-13,17,20-21H,6,9-11,14H2,(H,27,29)(H,28,30)/b22-13+. The molecular formula is C24H24Cl2N2O2S. The van der Waals surface area contributed by atoms with Crippen molar-refractivity contribution in [3.05, 3.63) is 74.6 Å². The number of halogens is 2. The number of fused-ring (bicyclic) bond motifs is 1. The third kappa shape index (κ3) is 5.85. The quantitative estimate of drug-likeness (QED) is 0.592. The second-order valence-corrected chi connectivity index (χ2v) is 10.1. The SMILES string of the molecule is O=C1NC2CC(C(=O)NCCc3ccc(Cl)cc3)CCC2S/C1=C/c1cccc(Cl)c1. The molecule has 0 bridgehead atoms. The van der Waals surface area contributed by atoms with E-state index < -0.39 is 0 Å². The van der Waals surface area contributed by atoms with Gasteiger partial charge in [0.2, 0.25) is 5.91 Å². The Morgan fingerprint density at radius 1 is 1.13 bits per heavy atom. The number of carbonyl (C=O) groups excluding carboxylic acids is 2. The molecule has 1 aliphatic heterocycles. The van der Waals surface area contributed by atoms with Gasteiger partial charge in [0.15, 0.2) is 0 Å². The third-order valence-corrected chi connectivity index (χ3v) is 7.66. The summed E-state index contributed by atoms with van der Waals surface area (Å²) < 4.78 is 0. The van der Waals surface area contributed by atoms with Crippen LogP contribution in [0.2, 0.25) is 10.0 Å². The highest BCUT2D eigenvalue weighted by Gasteiger charge is 2.39. The van der Waals surface area contributed by atoms with Crippen LogP contribution in [0.25, 0.3) is 6.08 Å². The molecule has 4 rings (SSSR count). The number of hydrogen-bond donors (Lipinski definition) is 2. The molecule has 1 saturated heterocycles. The first-order chi connectivity index (χ1) is 15.0. The summed E-state index contributed by atoms with van der Waals surface area (Å²) >= 11 is 13.6. The van der Waals surface area contributed by atoms with Crippen LogP contribution in [0, 0.1) is 5.92 Å². The Labute approximate surface area is 196 Å². The summed E-state index contributed by atoms with van der Waals surface area (Å²) in [7, 11) is 0. The van der Waals surface area contributed by atoms with Crippen LogP contribution in [0.4, 0.5) is 0 Å². The van der Waals surface area contributed by atoms with Gasteiger partial charge in [0.25, 0.3) is 5.91 Å². The summed E-state index contributed by atoms with van der Waals surface area (Å²) in [6, 6.07) is 15.2. The average Bonchev–Trinajstić information content (AvgIpc) is 2.75. The number of amides is 2. The van der Waals surface area contributed by atoms with Crippen LogP contribution in [0.1, 0.15) is 30.4 Å². The lowest BCUT2D eigenvalue weighted by Crippen LogP contribution is -2.51. The van der Waals surface area contributed by atoms with Crippen molar-refractivity contribution >= 4 is 52.9 Å². The van der Waals surface area contributed by atoms with Crippen molar-refractivity contribution in [2.45, 2.75) is 37.0 Å². The summed E-state index contributed by atoms with van der Waals surface area (Å²) in [6.45, 7) is 0.596. The molecule has 1 saturated carbocycles. The Morgan fingerprint density at radius 3 is 2.71 bits per heavy atom. The van der Waals surface area contributed by atoms with E-state index in [1.165, 1.54) is 0 Å². The summed E-state index contributed by atoms with van der Waals surface area (Å²) in [5.41, 5.74) is 2.06. The second-order valence-electron chi connectivity index (χ2n) is 7.98. The molecular weight excluding hydrogens is 451 g/mol. The monoisotopic (exact) mass is 474 g/mol. The molecule has 0 aromatic heterocycles. The Kier molecular flexibility index (Phi) is 7.26. The zero-order valence-corrected chi connectivity index (χ0v) is 19.3. The smallest absolute Gasteiger partial charge is 0.257 e. The van der Waals surface area contributed by atoms with Gasteiger partial charge < -0.3 is 10.6 Å². The lowest BCUT2D eigenvalue weighted by atomic mass is 9.84. The molecule has 7 heteroatoms. The van der Waals surface area contributed by atoms with Gasteiger partial charge in [0.1, 0.15) is 0 Å². The zero-order valence-electron chi connectivity index (χ0n) is 16.9. The van der Waals surface area contributed by atoms with E-state index in [9.17, 15) is 9.59 Å². The van der Waals surface area contributed by atoms with Crippen LogP contribution < -0.4 is 10.6 Å². The maximum absolute atomic E-state index is 12.7. The minimum Gasteiger partial charge on any atom is -0.356 e. The molecule has 0 radical (unpaired) electrons. The first-order valence-corrected chi connectivity index (χ1v) is 12.1. The second kappa shape index (κ2) is 10.1. The average molecular weight is 475 g/mol. The van der Waals surface area contributed by atoms with E-state index in [1.807, 2.05) is 54.6 Å². The van der Waals surface area contributed by atoms with Crippen molar-refractivity contribution in [3.63, 3.8) is 0 Å². The topological polar surface area (TPSA) is 58.2 Å². The van der Waals surface area contributed by atoms with E-state index >= 15 is 0 Å². The number of thioether (sulfide) groups is 1. The lowest BCUT2D eigenvalue weighted by molar-refractivity contribution is -0.127. The maximum atomic E-state index is 12.7. The van der Waals surface area contributed by atoms with E-state index in [2.05, 4.69) is 10.6 Å². The van der Waals surface area contributed by atoms with E-state index in [0.717, 1.165) is 30.4 Å². The van der Waals surface area contributed by atoms with Crippen molar-refractivity contribution in [3.8, 4) is 0 Å². The Bertz CT molecular complexity index is 993. The zero-order chi connectivity index (χ0) is 21.8. The van der Waals surface area contributed by atoms with Gasteiger partial charge in [-0.2, -0.15) is 0 Å².